The maximum atomic E-state index is 11.7. The van der Waals surface area contributed by atoms with E-state index in [4.69, 9.17) is 4.74 Å². The van der Waals surface area contributed by atoms with E-state index in [1.807, 2.05) is 30.3 Å². The van der Waals surface area contributed by atoms with Crippen LogP contribution in [0.4, 0.5) is 0 Å². The zero-order valence-electron chi connectivity index (χ0n) is 14.4. The molecule has 0 saturated carbocycles. The number of imide groups is 1. The Morgan fingerprint density at radius 1 is 1.00 bits per heavy atom. The molecule has 1 aromatic carbocycles. The molecule has 0 aromatic heterocycles. The lowest BCUT2D eigenvalue weighted by Crippen LogP contribution is -2.32. The summed E-state index contributed by atoms with van der Waals surface area (Å²) in [6.45, 7) is 1.04. The van der Waals surface area contributed by atoms with Gasteiger partial charge in [-0.05, 0) is 25.0 Å². The third-order valence-electron chi connectivity index (χ3n) is 3.66. The Hall–Kier alpha value is -2.90. The number of ether oxygens (including phenoxy) is 1. The van der Waals surface area contributed by atoms with Crippen molar-refractivity contribution >= 4 is 23.7 Å². The van der Waals surface area contributed by atoms with Gasteiger partial charge >= 0.3 is 5.97 Å². The van der Waals surface area contributed by atoms with Crippen LogP contribution >= 0.6 is 0 Å². The van der Waals surface area contributed by atoms with Crippen LogP contribution in [0.3, 0.4) is 0 Å². The predicted octanol–water partition coefficient (Wildman–Crippen LogP) is 1.35. The fourth-order valence-electron chi connectivity index (χ4n) is 2.27. The number of hydrogen-bond acceptors (Lipinski definition) is 6. The SMILES string of the molecule is O=C(CCC(=O)ON1C(=O)CCC1=O)NCCCCOc1ccccc1. The Balaban J connectivity index is 1.50. The molecule has 140 valence electrons. The summed E-state index contributed by atoms with van der Waals surface area (Å²) >= 11 is 0. The topological polar surface area (TPSA) is 102 Å². The third-order valence-corrected chi connectivity index (χ3v) is 3.66. The van der Waals surface area contributed by atoms with Gasteiger partial charge in [-0.3, -0.25) is 14.4 Å². The summed E-state index contributed by atoms with van der Waals surface area (Å²) in [5.41, 5.74) is 0. The van der Waals surface area contributed by atoms with E-state index in [0.717, 1.165) is 18.6 Å². The van der Waals surface area contributed by atoms with Crippen molar-refractivity contribution in [1.29, 1.82) is 0 Å². The van der Waals surface area contributed by atoms with Gasteiger partial charge in [-0.2, -0.15) is 0 Å². The number of nitrogens with zero attached hydrogens (tertiary/aromatic N) is 1. The van der Waals surface area contributed by atoms with Gasteiger partial charge in [-0.25, -0.2) is 4.79 Å². The van der Waals surface area contributed by atoms with E-state index in [2.05, 4.69) is 10.2 Å². The van der Waals surface area contributed by atoms with Gasteiger partial charge in [0.1, 0.15) is 5.75 Å². The monoisotopic (exact) mass is 362 g/mol. The zero-order valence-corrected chi connectivity index (χ0v) is 14.4. The minimum atomic E-state index is -0.778. The van der Waals surface area contributed by atoms with Crippen LogP contribution in [0.1, 0.15) is 38.5 Å². The molecule has 0 spiro atoms. The molecule has 8 nitrogen and oxygen atoms in total. The maximum Gasteiger partial charge on any atom is 0.333 e. The minimum Gasteiger partial charge on any atom is -0.494 e. The van der Waals surface area contributed by atoms with E-state index in [1.165, 1.54) is 0 Å². The van der Waals surface area contributed by atoms with E-state index < -0.39 is 17.8 Å². The van der Waals surface area contributed by atoms with Gasteiger partial charge in [0.25, 0.3) is 11.8 Å². The Bertz CT molecular complexity index is 630. The first-order valence-electron chi connectivity index (χ1n) is 8.57. The number of rotatable bonds is 10. The number of benzene rings is 1. The van der Waals surface area contributed by atoms with Gasteiger partial charge in [0.05, 0.1) is 13.0 Å². The lowest BCUT2D eigenvalue weighted by Gasteiger charge is -2.12. The first kappa shape index (κ1) is 19.4. The zero-order chi connectivity index (χ0) is 18.8. The Morgan fingerprint density at radius 3 is 2.38 bits per heavy atom. The molecule has 1 aliphatic rings. The maximum absolute atomic E-state index is 11.7. The molecule has 1 N–H and O–H groups in total. The van der Waals surface area contributed by atoms with Crippen LogP contribution in [-0.2, 0) is 24.0 Å². The first-order valence-corrected chi connectivity index (χ1v) is 8.57. The highest BCUT2D eigenvalue weighted by molar-refractivity contribution is 6.01. The summed E-state index contributed by atoms with van der Waals surface area (Å²) in [5.74, 6) is -1.33. The first-order chi connectivity index (χ1) is 12.6. The van der Waals surface area contributed by atoms with Gasteiger partial charge in [0.2, 0.25) is 5.91 Å². The average Bonchev–Trinajstić information content (AvgIpc) is 2.95. The summed E-state index contributed by atoms with van der Waals surface area (Å²) in [6.07, 6.45) is 1.37. The summed E-state index contributed by atoms with van der Waals surface area (Å²) in [5, 5.41) is 3.18. The van der Waals surface area contributed by atoms with E-state index in [1.54, 1.807) is 0 Å². The summed E-state index contributed by atoms with van der Waals surface area (Å²) in [4.78, 5) is 50.6. The van der Waals surface area contributed by atoms with Crippen molar-refractivity contribution in [3.05, 3.63) is 30.3 Å². The number of carbonyl (C=O) groups excluding carboxylic acids is 4. The number of amides is 3. The van der Waals surface area contributed by atoms with Crippen LogP contribution in [-0.4, -0.2) is 41.9 Å². The van der Waals surface area contributed by atoms with Crippen molar-refractivity contribution < 1.29 is 28.8 Å². The number of carbonyl (C=O) groups is 4. The van der Waals surface area contributed by atoms with E-state index in [9.17, 15) is 19.2 Å². The standard InChI is InChI=1S/C18H22N2O6/c21-15(8-11-18(24)26-20-16(22)9-10-17(20)23)19-12-4-5-13-25-14-6-2-1-3-7-14/h1-3,6-7H,4-5,8-13H2,(H,19,21). The third kappa shape index (κ3) is 6.54. The molecule has 1 fully saturated rings. The Kier molecular flexibility index (Phi) is 7.60. The van der Waals surface area contributed by atoms with E-state index in [0.29, 0.717) is 18.2 Å². The molecule has 0 atom stereocenters. The van der Waals surface area contributed by atoms with Crippen LogP contribution in [0.25, 0.3) is 0 Å². The molecule has 1 saturated heterocycles. The number of hydroxylamine groups is 2. The molecule has 26 heavy (non-hydrogen) atoms. The number of unbranched alkanes of at least 4 members (excludes halogenated alkanes) is 1. The van der Waals surface area contributed by atoms with Crippen LogP contribution in [0.15, 0.2) is 30.3 Å². The molecule has 1 aliphatic heterocycles. The highest BCUT2D eigenvalue weighted by Gasteiger charge is 2.32. The Morgan fingerprint density at radius 2 is 1.69 bits per heavy atom. The largest absolute Gasteiger partial charge is 0.494 e. The molecule has 1 aromatic rings. The van der Waals surface area contributed by atoms with Crippen molar-refractivity contribution in [2.45, 2.75) is 38.5 Å². The summed E-state index contributed by atoms with van der Waals surface area (Å²) < 4.78 is 5.54. The molecule has 8 heteroatoms. The Labute approximate surface area is 151 Å². The van der Waals surface area contributed by atoms with Gasteiger partial charge in [-0.1, -0.05) is 18.2 Å². The minimum absolute atomic E-state index is 0.0422. The predicted molar refractivity (Wildman–Crippen MR) is 90.6 cm³/mol. The molecule has 0 aliphatic carbocycles. The van der Waals surface area contributed by atoms with Gasteiger partial charge in [0.15, 0.2) is 0 Å². The lowest BCUT2D eigenvalue weighted by molar-refractivity contribution is -0.197. The molecular formula is C18H22N2O6. The van der Waals surface area contributed by atoms with Gasteiger partial charge in [-0.15, -0.1) is 5.06 Å². The second kappa shape index (κ2) is 10.2. The van der Waals surface area contributed by atoms with Crippen molar-refractivity contribution in [1.82, 2.24) is 10.4 Å². The molecule has 2 rings (SSSR count). The number of hydrogen-bond donors (Lipinski definition) is 1. The molecule has 0 unspecified atom stereocenters. The number of para-hydroxylation sites is 1. The van der Waals surface area contributed by atoms with Crippen molar-refractivity contribution in [3.8, 4) is 5.75 Å². The van der Waals surface area contributed by atoms with E-state index in [-0.39, 0.29) is 31.6 Å². The van der Waals surface area contributed by atoms with Crippen molar-refractivity contribution in [2.75, 3.05) is 13.2 Å². The van der Waals surface area contributed by atoms with Crippen LogP contribution in [0.5, 0.6) is 5.75 Å². The fourth-order valence-corrected chi connectivity index (χ4v) is 2.27. The second-order valence-corrected chi connectivity index (χ2v) is 5.76. The summed E-state index contributed by atoms with van der Waals surface area (Å²) in [6, 6.07) is 9.47. The normalized spacial score (nSPS) is 13.6. The van der Waals surface area contributed by atoms with Gasteiger partial charge < -0.3 is 14.9 Å². The van der Waals surface area contributed by atoms with Gasteiger partial charge in [0, 0.05) is 25.8 Å². The molecule has 3 amide bonds. The van der Waals surface area contributed by atoms with Crippen LogP contribution < -0.4 is 10.1 Å². The average molecular weight is 362 g/mol. The molecule has 0 bridgehead atoms. The lowest BCUT2D eigenvalue weighted by atomic mass is 10.3. The molecular weight excluding hydrogens is 340 g/mol. The highest BCUT2D eigenvalue weighted by atomic mass is 16.7. The smallest absolute Gasteiger partial charge is 0.333 e. The molecule has 0 radical (unpaired) electrons. The fraction of sp³-hybridized carbons (Fsp3) is 0.444. The van der Waals surface area contributed by atoms with Crippen molar-refractivity contribution in [3.63, 3.8) is 0 Å². The van der Waals surface area contributed by atoms with Crippen LogP contribution in [0.2, 0.25) is 0 Å². The van der Waals surface area contributed by atoms with Crippen molar-refractivity contribution in [2.24, 2.45) is 0 Å². The second-order valence-electron chi connectivity index (χ2n) is 5.76. The van der Waals surface area contributed by atoms with E-state index >= 15 is 0 Å². The quantitative estimate of drug-likeness (QED) is 0.498. The number of nitrogens with one attached hydrogen (secondary N) is 1. The molecule has 1 heterocycles. The summed E-state index contributed by atoms with van der Waals surface area (Å²) in [7, 11) is 0. The highest BCUT2D eigenvalue weighted by Crippen LogP contribution is 2.13. The van der Waals surface area contributed by atoms with Crippen LogP contribution in [0, 0.1) is 0 Å².